The van der Waals surface area contributed by atoms with Crippen molar-refractivity contribution in [3.05, 3.63) is 34.3 Å². The second-order valence-electron chi connectivity index (χ2n) is 5.05. The van der Waals surface area contributed by atoms with E-state index in [0.717, 1.165) is 10.0 Å². The Bertz CT molecular complexity index is 603. The first-order chi connectivity index (χ1) is 9.26. The summed E-state index contributed by atoms with van der Waals surface area (Å²) < 4.78 is 23.2. The van der Waals surface area contributed by atoms with Gasteiger partial charge in [0.05, 0.1) is 11.8 Å². The highest BCUT2D eigenvalue weighted by Gasteiger charge is 2.35. The molecule has 4 nitrogen and oxygen atoms in total. The van der Waals surface area contributed by atoms with Gasteiger partial charge in [-0.15, -0.1) is 0 Å². The molecule has 1 amide bonds. The number of benzene rings is 1. The van der Waals surface area contributed by atoms with E-state index in [0.29, 0.717) is 6.54 Å². The quantitative estimate of drug-likeness (QED) is 0.755. The van der Waals surface area contributed by atoms with E-state index in [-0.39, 0.29) is 30.0 Å². The number of carbonyl (C=O) groups excluding carboxylic acids is 1. The highest BCUT2D eigenvalue weighted by molar-refractivity contribution is 9.10. The summed E-state index contributed by atoms with van der Waals surface area (Å²) in [4.78, 5) is 13.7. The monoisotopic (exact) mass is 379 g/mol. The second-order valence-corrected chi connectivity index (χ2v) is 8.79. The van der Waals surface area contributed by atoms with Crippen molar-refractivity contribution in [2.24, 2.45) is 5.92 Å². The highest BCUT2D eigenvalue weighted by Crippen LogP contribution is 2.30. The average molecular weight is 381 g/mol. The smallest absolute Gasteiger partial charge is 0.232 e. The molecule has 0 aliphatic carbocycles. The molecule has 0 bridgehead atoms. The molecule has 2 atom stereocenters. The van der Waals surface area contributed by atoms with Gasteiger partial charge in [-0.05, 0) is 24.6 Å². The molecular weight excluding hydrogens is 366 g/mol. The van der Waals surface area contributed by atoms with Gasteiger partial charge in [-0.3, -0.25) is 4.79 Å². The number of hydrogen-bond acceptors (Lipinski definition) is 3. The summed E-state index contributed by atoms with van der Waals surface area (Å²) in [5.41, 5.74) is 1.02. The zero-order chi connectivity index (χ0) is 14.9. The van der Waals surface area contributed by atoms with Gasteiger partial charge in [0, 0.05) is 34.0 Å². The summed E-state index contributed by atoms with van der Waals surface area (Å²) in [6.07, 6.45) is 0.243. The average Bonchev–Trinajstić information content (AvgIpc) is 2.67. The van der Waals surface area contributed by atoms with E-state index < -0.39 is 9.05 Å². The number of amides is 1. The van der Waals surface area contributed by atoms with Crippen molar-refractivity contribution in [1.29, 1.82) is 0 Å². The Labute approximate surface area is 131 Å². The maximum atomic E-state index is 12.0. The van der Waals surface area contributed by atoms with Gasteiger partial charge in [0.1, 0.15) is 0 Å². The lowest BCUT2D eigenvalue weighted by Crippen LogP contribution is -2.29. The lowest BCUT2D eigenvalue weighted by Gasteiger charge is -2.25. The van der Waals surface area contributed by atoms with Gasteiger partial charge in [0.25, 0.3) is 0 Å². The third kappa shape index (κ3) is 3.96. The predicted octanol–water partition coefficient (Wildman–Crippen LogP) is 2.93. The van der Waals surface area contributed by atoms with Crippen LogP contribution in [0.2, 0.25) is 0 Å². The van der Waals surface area contributed by atoms with Crippen LogP contribution in [0.15, 0.2) is 28.7 Å². The van der Waals surface area contributed by atoms with Crippen LogP contribution in [0.25, 0.3) is 0 Å². The first-order valence-electron chi connectivity index (χ1n) is 6.23. The fourth-order valence-corrected chi connectivity index (χ4v) is 4.08. The predicted molar refractivity (Wildman–Crippen MR) is 82.0 cm³/mol. The van der Waals surface area contributed by atoms with Crippen LogP contribution in [-0.2, 0) is 13.8 Å². The number of hydrogen-bond donors (Lipinski definition) is 0. The topological polar surface area (TPSA) is 54.5 Å². The summed E-state index contributed by atoms with van der Waals surface area (Å²) >= 11 is 3.37. The van der Waals surface area contributed by atoms with Crippen LogP contribution in [-0.4, -0.2) is 31.5 Å². The fraction of sp³-hybridized carbons (Fsp3) is 0.462. The number of rotatable bonds is 4. The van der Waals surface area contributed by atoms with Crippen LogP contribution in [0.5, 0.6) is 0 Å². The fourth-order valence-electron chi connectivity index (χ4n) is 2.50. The molecule has 20 heavy (non-hydrogen) atoms. The first kappa shape index (κ1) is 15.8. The summed E-state index contributed by atoms with van der Waals surface area (Å²) in [6, 6.07) is 7.68. The van der Waals surface area contributed by atoms with E-state index in [2.05, 4.69) is 15.9 Å². The minimum absolute atomic E-state index is 0.0225. The SMILES string of the molecule is C[C@@H](c1ccc(Br)cc1)N1CC(CS(=O)(=O)Cl)CC1=O. The van der Waals surface area contributed by atoms with Gasteiger partial charge in [-0.25, -0.2) is 8.42 Å². The Morgan fingerprint density at radius 1 is 1.40 bits per heavy atom. The third-order valence-corrected chi connectivity index (χ3v) is 5.27. The molecule has 1 aliphatic rings. The van der Waals surface area contributed by atoms with Gasteiger partial charge < -0.3 is 4.90 Å². The standard InChI is InChI=1S/C13H15BrClNO3S/c1-9(11-2-4-12(14)5-3-11)16-7-10(6-13(16)17)8-20(15,18)19/h2-5,9-10H,6-8H2,1H3/t9-,10?/m0/s1. The van der Waals surface area contributed by atoms with E-state index in [1.54, 1.807) is 4.90 Å². The van der Waals surface area contributed by atoms with Crippen molar-refractivity contribution in [1.82, 2.24) is 4.90 Å². The first-order valence-corrected chi connectivity index (χ1v) is 9.50. The number of halogens is 2. The molecule has 0 radical (unpaired) electrons. The zero-order valence-electron chi connectivity index (χ0n) is 10.9. The highest BCUT2D eigenvalue weighted by atomic mass is 79.9. The molecule has 1 fully saturated rings. The summed E-state index contributed by atoms with van der Waals surface area (Å²) in [6.45, 7) is 2.38. The van der Waals surface area contributed by atoms with E-state index in [4.69, 9.17) is 10.7 Å². The molecule has 110 valence electrons. The molecule has 7 heteroatoms. The normalized spacial score (nSPS) is 21.2. The molecule has 1 saturated heterocycles. The van der Waals surface area contributed by atoms with Crippen LogP contribution in [0.1, 0.15) is 24.9 Å². The summed E-state index contributed by atoms with van der Waals surface area (Å²) in [7, 11) is 1.70. The molecule has 1 heterocycles. The number of likely N-dealkylation sites (tertiary alicyclic amines) is 1. The van der Waals surface area contributed by atoms with Crippen LogP contribution in [0, 0.1) is 5.92 Å². The van der Waals surface area contributed by atoms with E-state index in [1.807, 2.05) is 31.2 Å². The minimum atomic E-state index is -3.56. The van der Waals surface area contributed by atoms with Gasteiger partial charge in [-0.2, -0.15) is 0 Å². The molecule has 0 N–H and O–H groups in total. The Kier molecular flexibility index (Phi) is 4.76. The van der Waals surface area contributed by atoms with Gasteiger partial charge in [0.2, 0.25) is 15.0 Å². The molecule has 0 saturated carbocycles. The molecule has 1 aromatic rings. The molecule has 1 aliphatic heterocycles. The lowest BCUT2D eigenvalue weighted by atomic mass is 10.1. The zero-order valence-corrected chi connectivity index (χ0v) is 14.1. The van der Waals surface area contributed by atoms with Crippen LogP contribution in [0.4, 0.5) is 0 Å². The van der Waals surface area contributed by atoms with E-state index in [9.17, 15) is 13.2 Å². The minimum Gasteiger partial charge on any atom is -0.336 e. The molecule has 2 rings (SSSR count). The largest absolute Gasteiger partial charge is 0.336 e. The third-order valence-electron chi connectivity index (χ3n) is 3.49. The van der Waals surface area contributed by atoms with Crippen LogP contribution in [0.3, 0.4) is 0 Å². The van der Waals surface area contributed by atoms with E-state index >= 15 is 0 Å². The van der Waals surface area contributed by atoms with Crippen molar-refractivity contribution in [3.63, 3.8) is 0 Å². The Morgan fingerprint density at radius 3 is 2.55 bits per heavy atom. The van der Waals surface area contributed by atoms with Crippen LogP contribution < -0.4 is 0 Å². The van der Waals surface area contributed by atoms with Crippen molar-refractivity contribution in [2.45, 2.75) is 19.4 Å². The van der Waals surface area contributed by atoms with Crippen LogP contribution >= 0.6 is 26.6 Å². The summed E-state index contributed by atoms with van der Waals surface area (Å²) in [5, 5.41) is 0. The molecular formula is C13H15BrClNO3S. The molecule has 0 spiro atoms. The number of carbonyl (C=O) groups is 1. The Balaban J connectivity index is 2.09. The van der Waals surface area contributed by atoms with Crippen molar-refractivity contribution in [3.8, 4) is 0 Å². The number of nitrogens with zero attached hydrogens (tertiary/aromatic N) is 1. The van der Waals surface area contributed by atoms with Crippen molar-refractivity contribution in [2.75, 3.05) is 12.3 Å². The van der Waals surface area contributed by atoms with Gasteiger partial charge >= 0.3 is 0 Å². The Hall–Kier alpha value is -0.590. The maximum absolute atomic E-state index is 12.0. The Morgan fingerprint density at radius 2 is 2.00 bits per heavy atom. The van der Waals surface area contributed by atoms with Gasteiger partial charge in [-0.1, -0.05) is 28.1 Å². The van der Waals surface area contributed by atoms with Gasteiger partial charge in [0.15, 0.2) is 0 Å². The second kappa shape index (κ2) is 6.03. The molecule has 0 aromatic heterocycles. The summed E-state index contributed by atoms with van der Waals surface area (Å²) in [5.74, 6) is -0.391. The molecule has 1 aromatic carbocycles. The lowest BCUT2D eigenvalue weighted by molar-refractivity contribution is -0.129. The van der Waals surface area contributed by atoms with Crippen molar-refractivity contribution < 1.29 is 13.2 Å². The van der Waals surface area contributed by atoms with E-state index in [1.165, 1.54) is 0 Å². The maximum Gasteiger partial charge on any atom is 0.232 e. The van der Waals surface area contributed by atoms with Crippen molar-refractivity contribution >= 4 is 41.6 Å². The molecule has 1 unspecified atom stereocenters.